The van der Waals surface area contributed by atoms with Crippen molar-refractivity contribution in [3.63, 3.8) is 0 Å². The maximum atomic E-state index is 12.0. The summed E-state index contributed by atoms with van der Waals surface area (Å²) in [6.45, 7) is 3.67. The molecule has 0 aromatic carbocycles. The standard InChI is InChI=1S/C12H18BrN3O2/c1-4-5-12(2,14)11(18)15-8-6-9(13)10(17)16(3)7-8/h6-7H,4-5,14H2,1-3H3,(H,15,18). The number of aromatic nitrogens is 1. The van der Waals surface area contributed by atoms with Gasteiger partial charge in [0.25, 0.3) is 5.56 Å². The topological polar surface area (TPSA) is 77.1 Å². The lowest BCUT2D eigenvalue weighted by atomic mass is 9.96. The summed E-state index contributed by atoms with van der Waals surface area (Å²) in [5.41, 5.74) is 5.41. The van der Waals surface area contributed by atoms with Gasteiger partial charge in [0.05, 0.1) is 15.7 Å². The number of halogens is 1. The quantitative estimate of drug-likeness (QED) is 0.886. The van der Waals surface area contributed by atoms with E-state index in [9.17, 15) is 9.59 Å². The van der Waals surface area contributed by atoms with Crippen LogP contribution < -0.4 is 16.6 Å². The molecule has 1 rings (SSSR count). The molecule has 1 unspecified atom stereocenters. The van der Waals surface area contributed by atoms with Crippen LogP contribution in [0.25, 0.3) is 0 Å². The van der Waals surface area contributed by atoms with E-state index in [0.717, 1.165) is 6.42 Å². The Kier molecular flexibility index (Phi) is 4.70. The number of rotatable bonds is 4. The van der Waals surface area contributed by atoms with E-state index < -0.39 is 5.54 Å². The first kappa shape index (κ1) is 14.9. The average Bonchev–Trinajstić information content (AvgIpc) is 2.25. The molecule has 0 aliphatic heterocycles. The Morgan fingerprint density at radius 2 is 2.22 bits per heavy atom. The van der Waals surface area contributed by atoms with E-state index in [2.05, 4.69) is 21.2 Å². The van der Waals surface area contributed by atoms with Crippen molar-refractivity contribution >= 4 is 27.5 Å². The highest BCUT2D eigenvalue weighted by Crippen LogP contribution is 2.15. The fraction of sp³-hybridized carbons (Fsp3) is 0.500. The summed E-state index contributed by atoms with van der Waals surface area (Å²) in [5, 5.41) is 2.72. The number of nitrogens with two attached hydrogens (primary N) is 1. The van der Waals surface area contributed by atoms with Gasteiger partial charge in [-0.05, 0) is 35.3 Å². The Bertz CT molecular complexity index is 482. The zero-order chi connectivity index (χ0) is 13.9. The molecule has 0 fully saturated rings. The van der Waals surface area contributed by atoms with E-state index in [1.165, 1.54) is 4.57 Å². The molecule has 1 heterocycles. The van der Waals surface area contributed by atoms with Crippen LogP contribution in [-0.4, -0.2) is 16.0 Å². The summed E-state index contributed by atoms with van der Waals surface area (Å²) in [6, 6.07) is 1.57. The van der Waals surface area contributed by atoms with Crippen LogP contribution in [-0.2, 0) is 11.8 Å². The smallest absolute Gasteiger partial charge is 0.264 e. The first-order chi connectivity index (χ1) is 8.27. The molecule has 0 saturated carbocycles. The number of pyridine rings is 1. The van der Waals surface area contributed by atoms with E-state index in [1.54, 1.807) is 26.2 Å². The van der Waals surface area contributed by atoms with Gasteiger partial charge in [-0.25, -0.2) is 0 Å². The molecule has 1 amide bonds. The highest BCUT2D eigenvalue weighted by molar-refractivity contribution is 9.10. The predicted octanol–water partition coefficient (Wildman–Crippen LogP) is 1.60. The van der Waals surface area contributed by atoms with Crippen LogP contribution in [0.1, 0.15) is 26.7 Å². The van der Waals surface area contributed by atoms with Gasteiger partial charge in [0, 0.05) is 13.2 Å². The molecule has 5 nitrogen and oxygen atoms in total. The zero-order valence-electron chi connectivity index (χ0n) is 10.8. The number of anilines is 1. The van der Waals surface area contributed by atoms with Gasteiger partial charge < -0.3 is 15.6 Å². The number of amides is 1. The molecule has 0 radical (unpaired) electrons. The van der Waals surface area contributed by atoms with Crippen LogP contribution in [0.4, 0.5) is 5.69 Å². The van der Waals surface area contributed by atoms with Crippen LogP contribution in [0.3, 0.4) is 0 Å². The summed E-state index contributed by atoms with van der Waals surface area (Å²) < 4.78 is 1.80. The first-order valence-corrected chi connectivity index (χ1v) is 6.53. The highest BCUT2D eigenvalue weighted by atomic mass is 79.9. The number of carbonyl (C=O) groups is 1. The van der Waals surface area contributed by atoms with E-state index in [1.807, 2.05) is 6.92 Å². The summed E-state index contributed by atoms with van der Waals surface area (Å²) >= 11 is 3.15. The second-order valence-corrected chi connectivity index (χ2v) is 5.47. The molecule has 1 aromatic heterocycles. The molecule has 0 saturated heterocycles. The number of nitrogens with one attached hydrogen (secondary N) is 1. The van der Waals surface area contributed by atoms with Crippen LogP contribution in [0, 0.1) is 0 Å². The molecule has 6 heteroatoms. The lowest BCUT2D eigenvalue weighted by molar-refractivity contribution is -0.120. The number of hydrogen-bond acceptors (Lipinski definition) is 3. The van der Waals surface area contributed by atoms with Crippen LogP contribution >= 0.6 is 15.9 Å². The van der Waals surface area contributed by atoms with Crippen LogP contribution in [0.15, 0.2) is 21.5 Å². The van der Waals surface area contributed by atoms with Crippen molar-refractivity contribution in [1.82, 2.24) is 4.57 Å². The van der Waals surface area contributed by atoms with Gasteiger partial charge >= 0.3 is 0 Å². The predicted molar refractivity (Wildman–Crippen MR) is 75.5 cm³/mol. The zero-order valence-corrected chi connectivity index (χ0v) is 12.4. The average molecular weight is 316 g/mol. The number of hydrogen-bond donors (Lipinski definition) is 2. The summed E-state index contributed by atoms with van der Waals surface area (Å²) in [5.74, 6) is -0.255. The molecule has 18 heavy (non-hydrogen) atoms. The van der Waals surface area contributed by atoms with Crippen LogP contribution in [0.2, 0.25) is 0 Å². The molecule has 0 bridgehead atoms. The minimum atomic E-state index is -0.907. The van der Waals surface area contributed by atoms with Crippen molar-refractivity contribution in [1.29, 1.82) is 0 Å². The highest BCUT2D eigenvalue weighted by Gasteiger charge is 2.27. The van der Waals surface area contributed by atoms with Crippen molar-refractivity contribution in [2.24, 2.45) is 12.8 Å². The number of aryl methyl sites for hydroxylation is 1. The maximum absolute atomic E-state index is 12.0. The van der Waals surface area contributed by atoms with Gasteiger partial charge in [-0.15, -0.1) is 0 Å². The van der Waals surface area contributed by atoms with Crippen molar-refractivity contribution < 1.29 is 4.79 Å². The normalized spacial score (nSPS) is 14.1. The lowest BCUT2D eigenvalue weighted by Gasteiger charge is -2.23. The van der Waals surface area contributed by atoms with Crippen molar-refractivity contribution in [2.75, 3.05) is 5.32 Å². The van der Waals surface area contributed by atoms with E-state index in [-0.39, 0.29) is 11.5 Å². The SMILES string of the molecule is CCCC(C)(N)C(=O)Nc1cc(Br)c(=O)n(C)c1. The Labute approximate surface area is 114 Å². The molecule has 0 aliphatic rings. The van der Waals surface area contributed by atoms with Gasteiger partial charge in [0.2, 0.25) is 5.91 Å². The molecule has 0 aliphatic carbocycles. The third-order valence-corrected chi connectivity index (χ3v) is 3.25. The monoisotopic (exact) mass is 315 g/mol. The minimum absolute atomic E-state index is 0.155. The van der Waals surface area contributed by atoms with Crippen molar-refractivity contribution in [3.05, 3.63) is 27.1 Å². The number of carbonyl (C=O) groups excluding carboxylic acids is 1. The van der Waals surface area contributed by atoms with Gasteiger partial charge in [0.15, 0.2) is 0 Å². The Morgan fingerprint density at radius 1 is 1.61 bits per heavy atom. The molecule has 100 valence electrons. The Morgan fingerprint density at radius 3 is 2.72 bits per heavy atom. The summed E-state index contributed by atoms with van der Waals surface area (Å²) in [4.78, 5) is 23.5. The fourth-order valence-corrected chi connectivity index (χ4v) is 2.17. The van der Waals surface area contributed by atoms with Gasteiger partial charge in [-0.1, -0.05) is 13.3 Å². The minimum Gasteiger partial charge on any atom is -0.323 e. The van der Waals surface area contributed by atoms with Crippen molar-refractivity contribution in [3.8, 4) is 0 Å². The number of nitrogens with zero attached hydrogens (tertiary/aromatic N) is 1. The Balaban J connectivity index is 2.92. The third-order valence-electron chi connectivity index (χ3n) is 2.69. The first-order valence-electron chi connectivity index (χ1n) is 5.74. The molecular formula is C12H18BrN3O2. The fourth-order valence-electron chi connectivity index (χ4n) is 1.65. The summed E-state index contributed by atoms with van der Waals surface area (Å²) in [7, 11) is 1.62. The van der Waals surface area contributed by atoms with Gasteiger partial charge in [-0.3, -0.25) is 9.59 Å². The van der Waals surface area contributed by atoms with E-state index in [4.69, 9.17) is 5.73 Å². The second-order valence-electron chi connectivity index (χ2n) is 4.61. The van der Waals surface area contributed by atoms with E-state index in [0.29, 0.717) is 16.6 Å². The van der Waals surface area contributed by atoms with Crippen LogP contribution in [0.5, 0.6) is 0 Å². The third kappa shape index (κ3) is 3.43. The maximum Gasteiger partial charge on any atom is 0.264 e. The molecular weight excluding hydrogens is 298 g/mol. The second kappa shape index (κ2) is 5.67. The lowest BCUT2D eigenvalue weighted by Crippen LogP contribution is -2.48. The van der Waals surface area contributed by atoms with Gasteiger partial charge in [0.1, 0.15) is 0 Å². The van der Waals surface area contributed by atoms with E-state index >= 15 is 0 Å². The molecule has 0 spiro atoms. The largest absolute Gasteiger partial charge is 0.323 e. The molecule has 3 N–H and O–H groups in total. The molecule has 1 aromatic rings. The van der Waals surface area contributed by atoms with Crippen molar-refractivity contribution in [2.45, 2.75) is 32.2 Å². The Hall–Kier alpha value is -1.14. The van der Waals surface area contributed by atoms with Gasteiger partial charge in [-0.2, -0.15) is 0 Å². The molecule has 1 atom stereocenters. The summed E-state index contributed by atoms with van der Waals surface area (Å²) in [6.07, 6.45) is 3.00.